The van der Waals surface area contributed by atoms with Gasteiger partial charge in [0.2, 0.25) is 5.91 Å². The van der Waals surface area contributed by atoms with Crippen molar-refractivity contribution in [1.82, 2.24) is 5.32 Å². The van der Waals surface area contributed by atoms with Gasteiger partial charge in [0.1, 0.15) is 6.54 Å². The quantitative estimate of drug-likeness (QED) is 0.822. The number of anilines is 1. The van der Waals surface area contributed by atoms with Crippen LogP contribution in [-0.4, -0.2) is 42.2 Å². The Hall–Kier alpha value is -2.02. The van der Waals surface area contributed by atoms with Gasteiger partial charge in [0.05, 0.1) is 11.4 Å². The molecule has 3 rings (SSSR count). The lowest BCUT2D eigenvalue weighted by atomic mass is 10.2. The normalized spacial score (nSPS) is 18.1. The Labute approximate surface area is 138 Å². The third-order valence-electron chi connectivity index (χ3n) is 3.70. The van der Waals surface area contributed by atoms with Crippen molar-refractivity contribution < 1.29 is 19.1 Å². The number of fused-ring (bicyclic) bond motifs is 1. The molecule has 0 unspecified atom stereocenters. The lowest BCUT2D eigenvalue weighted by Gasteiger charge is -2.28. The molecule has 7 heteroatoms. The lowest BCUT2D eigenvalue weighted by Crippen LogP contribution is -2.43. The second-order valence-corrected chi connectivity index (χ2v) is 6.67. The van der Waals surface area contributed by atoms with Crippen LogP contribution in [-0.2, 0) is 19.1 Å². The van der Waals surface area contributed by atoms with Gasteiger partial charge in [-0.15, -0.1) is 11.8 Å². The van der Waals surface area contributed by atoms with Crippen molar-refractivity contribution in [3.8, 4) is 0 Å². The number of nitrogens with one attached hydrogen (secondary N) is 1. The highest BCUT2D eigenvalue weighted by molar-refractivity contribution is 8.00. The van der Waals surface area contributed by atoms with E-state index in [1.165, 1.54) is 23.6 Å². The maximum atomic E-state index is 12.1. The van der Waals surface area contributed by atoms with Gasteiger partial charge in [0.15, 0.2) is 6.10 Å². The van der Waals surface area contributed by atoms with E-state index in [4.69, 9.17) is 4.74 Å². The molecule has 2 aliphatic rings. The molecule has 1 aromatic rings. The van der Waals surface area contributed by atoms with Crippen molar-refractivity contribution in [1.29, 1.82) is 0 Å². The number of carbonyl (C=O) groups excluding carboxylic acids is 3. The zero-order valence-corrected chi connectivity index (χ0v) is 13.6. The molecule has 1 N–H and O–H groups in total. The van der Waals surface area contributed by atoms with Crippen molar-refractivity contribution in [2.24, 2.45) is 0 Å². The van der Waals surface area contributed by atoms with E-state index < -0.39 is 12.1 Å². The van der Waals surface area contributed by atoms with Crippen LogP contribution in [0.2, 0.25) is 0 Å². The third kappa shape index (κ3) is 3.85. The molecule has 23 heavy (non-hydrogen) atoms. The van der Waals surface area contributed by atoms with E-state index in [1.54, 1.807) is 6.07 Å². The molecule has 0 aromatic heterocycles. The van der Waals surface area contributed by atoms with E-state index in [2.05, 4.69) is 5.32 Å². The molecular weight excluding hydrogens is 316 g/mol. The number of benzene rings is 1. The number of hydrogen-bond acceptors (Lipinski definition) is 5. The summed E-state index contributed by atoms with van der Waals surface area (Å²) in [4.78, 5) is 38.3. The molecule has 0 radical (unpaired) electrons. The Balaban J connectivity index is 1.60. The summed E-state index contributed by atoms with van der Waals surface area (Å²) in [6, 6.07) is 7.65. The first kappa shape index (κ1) is 15.9. The van der Waals surface area contributed by atoms with Gasteiger partial charge >= 0.3 is 5.97 Å². The van der Waals surface area contributed by atoms with Crippen molar-refractivity contribution in [3.05, 3.63) is 24.3 Å². The minimum absolute atomic E-state index is 0.138. The van der Waals surface area contributed by atoms with Crippen molar-refractivity contribution in [3.63, 3.8) is 0 Å². The average Bonchev–Trinajstić information content (AvgIpc) is 3.34. The Morgan fingerprint density at radius 1 is 1.39 bits per heavy atom. The van der Waals surface area contributed by atoms with Crippen LogP contribution in [0.25, 0.3) is 0 Å². The first-order chi connectivity index (χ1) is 11.0. The summed E-state index contributed by atoms with van der Waals surface area (Å²) in [5.74, 6) is -0.719. The predicted molar refractivity (Wildman–Crippen MR) is 86.2 cm³/mol. The first-order valence-corrected chi connectivity index (χ1v) is 8.55. The van der Waals surface area contributed by atoms with E-state index in [1.807, 2.05) is 18.2 Å². The number of amides is 2. The van der Waals surface area contributed by atoms with Crippen LogP contribution in [0.1, 0.15) is 19.8 Å². The molecule has 122 valence electrons. The number of para-hydroxylation sites is 1. The summed E-state index contributed by atoms with van der Waals surface area (Å²) in [6.07, 6.45) is 1.10. The van der Waals surface area contributed by atoms with Gasteiger partial charge in [0.25, 0.3) is 5.91 Å². The van der Waals surface area contributed by atoms with Gasteiger partial charge < -0.3 is 10.1 Å². The van der Waals surface area contributed by atoms with E-state index in [9.17, 15) is 14.4 Å². The molecule has 6 nitrogen and oxygen atoms in total. The minimum Gasteiger partial charge on any atom is -0.451 e. The Kier molecular flexibility index (Phi) is 4.56. The number of carbonyl (C=O) groups is 3. The molecule has 0 saturated heterocycles. The van der Waals surface area contributed by atoms with Crippen LogP contribution in [0.5, 0.6) is 0 Å². The highest BCUT2D eigenvalue weighted by Crippen LogP contribution is 2.34. The number of ether oxygens (including phenoxy) is 1. The molecule has 1 atom stereocenters. The summed E-state index contributed by atoms with van der Waals surface area (Å²) in [6.45, 7) is 1.36. The first-order valence-electron chi connectivity index (χ1n) is 7.56. The summed E-state index contributed by atoms with van der Waals surface area (Å²) < 4.78 is 5.16. The number of esters is 1. The van der Waals surface area contributed by atoms with Crippen LogP contribution < -0.4 is 10.2 Å². The lowest BCUT2D eigenvalue weighted by molar-refractivity contribution is -0.153. The summed E-state index contributed by atoms with van der Waals surface area (Å²) in [5, 5.41) is 2.79. The van der Waals surface area contributed by atoms with E-state index in [0.717, 1.165) is 17.7 Å². The highest BCUT2D eigenvalue weighted by atomic mass is 32.2. The van der Waals surface area contributed by atoms with Crippen LogP contribution in [0.15, 0.2) is 29.2 Å². The number of nitrogens with zero attached hydrogens (tertiary/aromatic N) is 1. The minimum atomic E-state index is -0.854. The summed E-state index contributed by atoms with van der Waals surface area (Å²) >= 11 is 1.45. The fraction of sp³-hybridized carbons (Fsp3) is 0.438. The fourth-order valence-electron chi connectivity index (χ4n) is 2.29. The van der Waals surface area contributed by atoms with Crippen molar-refractivity contribution in [2.75, 3.05) is 17.2 Å². The summed E-state index contributed by atoms with van der Waals surface area (Å²) in [7, 11) is 0. The zero-order valence-electron chi connectivity index (χ0n) is 12.8. The largest absolute Gasteiger partial charge is 0.451 e. The monoisotopic (exact) mass is 334 g/mol. The van der Waals surface area contributed by atoms with E-state index in [0.29, 0.717) is 11.4 Å². The van der Waals surface area contributed by atoms with E-state index in [-0.39, 0.29) is 24.4 Å². The second-order valence-electron chi connectivity index (χ2n) is 5.65. The van der Waals surface area contributed by atoms with Crippen LogP contribution in [0.4, 0.5) is 5.69 Å². The molecule has 1 heterocycles. The molecule has 2 amide bonds. The van der Waals surface area contributed by atoms with Gasteiger partial charge in [-0.05, 0) is 31.9 Å². The topological polar surface area (TPSA) is 75.7 Å². The van der Waals surface area contributed by atoms with Gasteiger partial charge in [0, 0.05) is 10.9 Å². The average molecular weight is 334 g/mol. The van der Waals surface area contributed by atoms with Gasteiger partial charge in [-0.2, -0.15) is 0 Å². The van der Waals surface area contributed by atoms with Gasteiger partial charge in [-0.3, -0.25) is 19.3 Å². The molecule has 1 aromatic carbocycles. The third-order valence-corrected chi connectivity index (χ3v) is 4.74. The fourth-order valence-corrected chi connectivity index (χ4v) is 3.23. The molecule has 0 spiro atoms. The van der Waals surface area contributed by atoms with Crippen LogP contribution in [0.3, 0.4) is 0 Å². The number of rotatable bonds is 5. The molecule has 1 fully saturated rings. The maximum absolute atomic E-state index is 12.1. The van der Waals surface area contributed by atoms with Crippen LogP contribution in [0, 0.1) is 0 Å². The molecular formula is C16H18N2O4S. The molecule has 1 aliphatic heterocycles. The Bertz CT molecular complexity index is 645. The molecule has 1 aliphatic carbocycles. The van der Waals surface area contributed by atoms with Crippen molar-refractivity contribution in [2.45, 2.75) is 36.8 Å². The van der Waals surface area contributed by atoms with E-state index >= 15 is 0 Å². The molecule has 0 bridgehead atoms. The highest BCUT2D eigenvalue weighted by Gasteiger charge is 2.30. The van der Waals surface area contributed by atoms with Gasteiger partial charge in [-0.1, -0.05) is 12.1 Å². The van der Waals surface area contributed by atoms with Crippen LogP contribution >= 0.6 is 11.8 Å². The number of hydrogen-bond donors (Lipinski definition) is 1. The second kappa shape index (κ2) is 6.62. The standard InChI is InChI=1S/C16H18N2O4S/c1-10(16(21)17-11-6-7-11)22-15(20)8-18-12-4-2-3-5-13(12)23-9-14(18)19/h2-5,10-11H,6-9H2,1H3,(H,17,21)/t10-/m0/s1. The number of thioether (sulfide) groups is 1. The summed E-state index contributed by atoms with van der Waals surface area (Å²) in [5.41, 5.74) is 0.709. The maximum Gasteiger partial charge on any atom is 0.326 e. The van der Waals surface area contributed by atoms with Crippen molar-refractivity contribution >= 4 is 35.2 Å². The smallest absolute Gasteiger partial charge is 0.326 e. The predicted octanol–water partition coefficient (Wildman–Crippen LogP) is 1.34. The Morgan fingerprint density at radius 2 is 2.13 bits per heavy atom. The molecule has 1 saturated carbocycles. The van der Waals surface area contributed by atoms with Gasteiger partial charge in [-0.25, -0.2) is 0 Å². The SMILES string of the molecule is C[C@H](OC(=O)CN1C(=O)CSc2ccccc21)C(=O)NC1CC1. The Morgan fingerprint density at radius 3 is 2.87 bits per heavy atom. The zero-order chi connectivity index (χ0) is 16.4.